The van der Waals surface area contributed by atoms with Crippen molar-refractivity contribution in [3.8, 4) is 0 Å². The van der Waals surface area contributed by atoms with E-state index in [0.29, 0.717) is 16.8 Å². The second-order valence-corrected chi connectivity index (χ2v) is 5.28. The molecule has 0 unspecified atom stereocenters. The maximum Gasteiger partial charge on any atom is 0.272 e. The Bertz CT molecular complexity index is 428. The number of piperidine rings is 1. The van der Waals surface area contributed by atoms with Crippen LogP contribution in [0.25, 0.3) is 0 Å². The predicted octanol–water partition coefficient (Wildman–Crippen LogP) is 1.90. The smallest absolute Gasteiger partial charge is 0.272 e. The largest absolute Gasteiger partial charge is 0.337 e. The Morgan fingerprint density at radius 1 is 1.44 bits per heavy atom. The molecule has 0 spiro atoms. The van der Waals surface area contributed by atoms with Gasteiger partial charge < -0.3 is 9.80 Å². The molecule has 0 aliphatic carbocycles. The van der Waals surface area contributed by atoms with E-state index in [-0.39, 0.29) is 5.91 Å². The Morgan fingerprint density at radius 2 is 2.11 bits per heavy atom. The maximum absolute atomic E-state index is 12.2. The third-order valence-corrected chi connectivity index (χ3v) is 3.66. The Hall–Kier alpha value is -1.13. The highest BCUT2D eigenvalue weighted by Crippen LogP contribution is 2.17. The second-order valence-electron chi connectivity index (χ2n) is 4.85. The summed E-state index contributed by atoms with van der Waals surface area (Å²) in [6.45, 7) is 1.58. The third-order valence-electron chi connectivity index (χ3n) is 3.42. The molecule has 0 aromatic carbocycles. The number of carbonyl (C=O) groups excluding carboxylic acids is 1. The topological polar surface area (TPSA) is 36.4 Å². The van der Waals surface area contributed by atoms with Crippen molar-refractivity contribution in [2.75, 3.05) is 27.2 Å². The number of hydrogen-bond acceptors (Lipinski definition) is 3. The van der Waals surface area contributed by atoms with Gasteiger partial charge in [-0.2, -0.15) is 0 Å². The fourth-order valence-electron chi connectivity index (χ4n) is 2.27. The van der Waals surface area contributed by atoms with Crippen molar-refractivity contribution in [2.24, 2.45) is 0 Å². The summed E-state index contributed by atoms with van der Waals surface area (Å²) in [4.78, 5) is 20.4. The lowest BCUT2D eigenvalue weighted by Crippen LogP contribution is -2.44. The maximum atomic E-state index is 12.2. The van der Waals surface area contributed by atoms with Gasteiger partial charge in [-0.05, 0) is 39.1 Å². The average Bonchev–Trinajstić information content (AvgIpc) is 2.38. The molecule has 1 aromatic rings. The first-order valence-corrected chi connectivity index (χ1v) is 6.53. The number of nitrogens with zero attached hydrogens (tertiary/aromatic N) is 3. The molecule has 1 aromatic heterocycles. The fraction of sp³-hybridized carbons (Fsp3) is 0.538. The van der Waals surface area contributed by atoms with Gasteiger partial charge in [-0.15, -0.1) is 0 Å². The number of carbonyl (C=O) groups is 1. The standard InChI is InChI=1S/C13H18ClN3O/c1-16(2)11-4-7-17(8-5-11)13(18)12-9-10(14)3-6-15-12/h3,6,9,11H,4-5,7-8H2,1-2H3. The first kappa shape index (κ1) is 13.3. The molecule has 4 nitrogen and oxygen atoms in total. The number of halogens is 1. The molecule has 1 aliphatic heterocycles. The van der Waals surface area contributed by atoms with E-state index in [1.807, 2.05) is 4.90 Å². The van der Waals surface area contributed by atoms with Crippen LogP contribution < -0.4 is 0 Å². The third kappa shape index (κ3) is 3.00. The normalized spacial score (nSPS) is 17.2. The summed E-state index contributed by atoms with van der Waals surface area (Å²) < 4.78 is 0. The zero-order valence-electron chi connectivity index (χ0n) is 10.8. The van der Waals surface area contributed by atoms with Crippen LogP contribution >= 0.6 is 11.6 Å². The van der Waals surface area contributed by atoms with Crippen molar-refractivity contribution in [3.05, 3.63) is 29.0 Å². The summed E-state index contributed by atoms with van der Waals surface area (Å²) in [5.41, 5.74) is 0.436. The molecule has 0 atom stereocenters. The number of aromatic nitrogens is 1. The molecular formula is C13H18ClN3O. The van der Waals surface area contributed by atoms with Crippen molar-refractivity contribution in [1.82, 2.24) is 14.8 Å². The van der Waals surface area contributed by atoms with Crippen LogP contribution in [-0.2, 0) is 0 Å². The van der Waals surface area contributed by atoms with Gasteiger partial charge in [0.25, 0.3) is 5.91 Å². The molecule has 5 heteroatoms. The molecule has 1 fully saturated rings. The van der Waals surface area contributed by atoms with Gasteiger partial charge in [0.1, 0.15) is 5.69 Å². The number of pyridine rings is 1. The Labute approximate surface area is 113 Å². The van der Waals surface area contributed by atoms with Gasteiger partial charge in [0.15, 0.2) is 0 Å². The quantitative estimate of drug-likeness (QED) is 0.821. The fourth-order valence-corrected chi connectivity index (χ4v) is 2.43. The number of hydrogen-bond donors (Lipinski definition) is 0. The molecule has 0 bridgehead atoms. The molecular weight excluding hydrogens is 250 g/mol. The monoisotopic (exact) mass is 267 g/mol. The number of amides is 1. The van der Waals surface area contributed by atoms with Crippen molar-refractivity contribution < 1.29 is 4.79 Å². The lowest BCUT2D eigenvalue weighted by molar-refractivity contribution is 0.0657. The van der Waals surface area contributed by atoms with Gasteiger partial charge >= 0.3 is 0 Å². The SMILES string of the molecule is CN(C)C1CCN(C(=O)c2cc(Cl)ccn2)CC1. The summed E-state index contributed by atoms with van der Waals surface area (Å²) in [6, 6.07) is 3.87. The lowest BCUT2D eigenvalue weighted by Gasteiger charge is -2.35. The van der Waals surface area contributed by atoms with Gasteiger partial charge in [-0.1, -0.05) is 11.6 Å². The Morgan fingerprint density at radius 3 is 2.67 bits per heavy atom. The highest BCUT2D eigenvalue weighted by atomic mass is 35.5. The Kier molecular flexibility index (Phi) is 4.19. The van der Waals surface area contributed by atoms with Gasteiger partial charge in [0, 0.05) is 30.4 Å². The lowest BCUT2D eigenvalue weighted by atomic mass is 10.0. The highest BCUT2D eigenvalue weighted by molar-refractivity contribution is 6.30. The van der Waals surface area contributed by atoms with E-state index >= 15 is 0 Å². The van der Waals surface area contributed by atoms with Crippen LogP contribution in [0.3, 0.4) is 0 Å². The van der Waals surface area contributed by atoms with E-state index in [2.05, 4.69) is 24.0 Å². The minimum absolute atomic E-state index is 0.0188. The Balaban J connectivity index is 1.99. The highest BCUT2D eigenvalue weighted by Gasteiger charge is 2.25. The van der Waals surface area contributed by atoms with E-state index in [1.54, 1.807) is 18.3 Å². The molecule has 0 N–H and O–H groups in total. The molecule has 18 heavy (non-hydrogen) atoms. The van der Waals surface area contributed by atoms with E-state index in [9.17, 15) is 4.79 Å². The van der Waals surface area contributed by atoms with Gasteiger partial charge in [0.05, 0.1) is 0 Å². The summed E-state index contributed by atoms with van der Waals surface area (Å²) in [5.74, 6) is -0.0188. The van der Waals surface area contributed by atoms with Crippen LogP contribution in [0, 0.1) is 0 Å². The molecule has 2 heterocycles. The first-order valence-electron chi connectivity index (χ1n) is 6.15. The van der Waals surface area contributed by atoms with Crippen LogP contribution in [0.2, 0.25) is 5.02 Å². The molecule has 1 amide bonds. The molecule has 1 aliphatic rings. The van der Waals surface area contributed by atoms with E-state index in [4.69, 9.17) is 11.6 Å². The number of rotatable bonds is 2. The summed E-state index contributed by atoms with van der Waals surface area (Å²) in [6.07, 6.45) is 3.60. The summed E-state index contributed by atoms with van der Waals surface area (Å²) in [7, 11) is 4.17. The van der Waals surface area contributed by atoms with E-state index in [1.165, 1.54) is 0 Å². The average molecular weight is 268 g/mol. The molecule has 98 valence electrons. The summed E-state index contributed by atoms with van der Waals surface area (Å²) in [5, 5.41) is 0.552. The minimum atomic E-state index is -0.0188. The van der Waals surface area contributed by atoms with Crippen molar-refractivity contribution in [1.29, 1.82) is 0 Å². The minimum Gasteiger partial charge on any atom is -0.337 e. The van der Waals surface area contributed by atoms with Gasteiger partial charge in [-0.3, -0.25) is 9.78 Å². The van der Waals surface area contributed by atoms with Crippen LogP contribution in [0.5, 0.6) is 0 Å². The van der Waals surface area contributed by atoms with Gasteiger partial charge in [-0.25, -0.2) is 0 Å². The molecule has 2 rings (SSSR count). The van der Waals surface area contributed by atoms with Crippen molar-refractivity contribution >= 4 is 17.5 Å². The molecule has 0 saturated carbocycles. The zero-order valence-corrected chi connectivity index (χ0v) is 11.5. The van der Waals surface area contributed by atoms with Crippen molar-refractivity contribution in [3.63, 3.8) is 0 Å². The van der Waals surface area contributed by atoms with E-state index < -0.39 is 0 Å². The van der Waals surface area contributed by atoms with Gasteiger partial charge in [0.2, 0.25) is 0 Å². The number of likely N-dealkylation sites (tertiary alicyclic amines) is 1. The first-order chi connectivity index (χ1) is 8.58. The second kappa shape index (κ2) is 5.67. The zero-order chi connectivity index (χ0) is 13.1. The van der Waals surface area contributed by atoms with Crippen molar-refractivity contribution in [2.45, 2.75) is 18.9 Å². The van der Waals surface area contributed by atoms with Crippen LogP contribution in [0.4, 0.5) is 0 Å². The summed E-state index contributed by atoms with van der Waals surface area (Å²) >= 11 is 5.88. The van der Waals surface area contributed by atoms with Crippen LogP contribution in [0.1, 0.15) is 23.3 Å². The van der Waals surface area contributed by atoms with Crippen LogP contribution in [-0.4, -0.2) is 53.9 Å². The molecule has 0 radical (unpaired) electrons. The van der Waals surface area contributed by atoms with E-state index in [0.717, 1.165) is 25.9 Å². The molecule has 1 saturated heterocycles. The predicted molar refractivity (Wildman–Crippen MR) is 71.9 cm³/mol. The van der Waals surface area contributed by atoms with Crippen LogP contribution in [0.15, 0.2) is 18.3 Å².